The highest BCUT2D eigenvalue weighted by Gasteiger charge is 2.52. The second-order valence-electron chi connectivity index (χ2n) is 8.93. The standard InChI is InChI=1S/C25H28N4O3/c1-25-14-12-23(31)29(25)20-10-4-2-8-18(20)24(32)28(25)17-13-22(30)26-19-9-3-5-11-21(19)27-15-6-7-16-27/h2-5,8-11H,6-7,12-17H2,1H3,(H,26,30). The average molecular weight is 433 g/mol. The van der Waals surface area contributed by atoms with Crippen LogP contribution in [0.2, 0.25) is 0 Å². The van der Waals surface area contributed by atoms with Crippen molar-refractivity contribution in [2.45, 2.75) is 44.7 Å². The van der Waals surface area contributed by atoms with Gasteiger partial charge in [-0.15, -0.1) is 0 Å². The zero-order valence-electron chi connectivity index (χ0n) is 18.3. The molecule has 5 rings (SSSR count). The molecule has 7 heteroatoms. The first-order valence-electron chi connectivity index (χ1n) is 11.4. The molecule has 166 valence electrons. The molecule has 0 spiro atoms. The van der Waals surface area contributed by atoms with E-state index in [9.17, 15) is 14.4 Å². The van der Waals surface area contributed by atoms with Crippen LogP contribution in [-0.2, 0) is 9.59 Å². The van der Waals surface area contributed by atoms with Crippen molar-refractivity contribution in [2.24, 2.45) is 0 Å². The number of nitrogens with one attached hydrogen (secondary N) is 1. The highest BCUT2D eigenvalue weighted by molar-refractivity contribution is 6.10. The average Bonchev–Trinajstić information content (AvgIpc) is 3.43. The van der Waals surface area contributed by atoms with Crippen LogP contribution in [0.15, 0.2) is 48.5 Å². The molecule has 2 aromatic rings. The summed E-state index contributed by atoms with van der Waals surface area (Å²) in [5.74, 6) is -0.247. The first-order valence-corrected chi connectivity index (χ1v) is 11.4. The first kappa shape index (κ1) is 20.5. The van der Waals surface area contributed by atoms with Crippen molar-refractivity contribution in [3.63, 3.8) is 0 Å². The van der Waals surface area contributed by atoms with Crippen molar-refractivity contribution in [2.75, 3.05) is 34.8 Å². The molecule has 3 aliphatic heterocycles. The second-order valence-corrected chi connectivity index (χ2v) is 8.93. The summed E-state index contributed by atoms with van der Waals surface area (Å²) in [6.45, 7) is 4.17. The minimum Gasteiger partial charge on any atom is -0.370 e. The van der Waals surface area contributed by atoms with Crippen molar-refractivity contribution >= 4 is 34.8 Å². The summed E-state index contributed by atoms with van der Waals surface area (Å²) in [7, 11) is 0. The molecule has 0 aromatic heterocycles. The maximum Gasteiger partial charge on any atom is 0.257 e. The van der Waals surface area contributed by atoms with Gasteiger partial charge in [0.25, 0.3) is 5.91 Å². The maximum absolute atomic E-state index is 13.3. The topological polar surface area (TPSA) is 73.0 Å². The number of carbonyl (C=O) groups is 3. The van der Waals surface area contributed by atoms with Crippen LogP contribution in [0.3, 0.4) is 0 Å². The number of benzene rings is 2. The lowest BCUT2D eigenvalue weighted by Crippen LogP contribution is -2.62. The molecule has 1 unspecified atom stereocenters. The van der Waals surface area contributed by atoms with Gasteiger partial charge in [0.2, 0.25) is 11.8 Å². The lowest BCUT2D eigenvalue weighted by Gasteiger charge is -2.48. The zero-order valence-corrected chi connectivity index (χ0v) is 18.3. The van der Waals surface area contributed by atoms with Gasteiger partial charge in [0.15, 0.2) is 0 Å². The van der Waals surface area contributed by atoms with Crippen molar-refractivity contribution in [1.82, 2.24) is 4.90 Å². The highest BCUT2D eigenvalue weighted by atomic mass is 16.2. The van der Waals surface area contributed by atoms with Crippen LogP contribution in [0.25, 0.3) is 0 Å². The summed E-state index contributed by atoms with van der Waals surface area (Å²) in [6, 6.07) is 15.1. The van der Waals surface area contributed by atoms with Crippen LogP contribution < -0.4 is 15.1 Å². The third-order valence-electron chi connectivity index (χ3n) is 6.93. The van der Waals surface area contributed by atoms with Crippen molar-refractivity contribution in [1.29, 1.82) is 0 Å². The molecule has 3 aliphatic rings. The van der Waals surface area contributed by atoms with Gasteiger partial charge in [-0.05, 0) is 50.5 Å². The molecule has 2 fully saturated rings. The lowest BCUT2D eigenvalue weighted by atomic mass is 9.98. The third kappa shape index (κ3) is 3.32. The van der Waals surface area contributed by atoms with E-state index in [4.69, 9.17) is 0 Å². The van der Waals surface area contributed by atoms with Gasteiger partial charge in [0.1, 0.15) is 5.66 Å². The molecule has 32 heavy (non-hydrogen) atoms. The summed E-state index contributed by atoms with van der Waals surface area (Å²) >= 11 is 0. The number of anilines is 3. The molecule has 3 heterocycles. The quantitative estimate of drug-likeness (QED) is 0.783. The third-order valence-corrected chi connectivity index (χ3v) is 6.93. The second kappa shape index (κ2) is 7.97. The van der Waals surface area contributed by atoms with E-state index in [1.165, 1.54) is 0 Å². The number of fused-ring (bicyclic) bond motifs is 3. The fraction of sp³-hybridized carbons (Fsp3) is 0.400. The first-order chi connectivity index (χ1) is 15.5. The molecule has 0 bridgehead atoms. The van der Waals surface area contributed by atoms with Gasteiger partial charge in [-0.1, -0.05) is 24.3 Å². The number of carbonyl (C=O) groups excluding carboxylic acids is 3. The fourth-order valence-corrected chi connectivity index (χ4v) is 5.28. The molecular weight excluding hydrogens is 404 g/mol. The minimum absolute atomic E-state index is 0.0152. The van der Waals surface area contributed by atoms with E-state index in [-0.39, 0.29) is 30.7 Å². The monoisotopic (exact) mass is 432 g/mol. The normalized spacial score (nSPS) is 22.2. The molecule has 2 aromatic carbocycles. The zero-order chi connectivity index (χ0) is 22.3. The number of rotatable bonds is 5. The largest absolute Gasteiger partial charge is 0.370 e. The Morgan fingerprint density at radius 3 is 2.47 bits per heavy atom. The summed E-state index contributed by atoms with van der Waals surface area (Å²) < 4.78 is 0. The fourth-order valence-electron chi connectivity index (χ4n) is 5.28. The molecule has 0 aliphatic carbocycles. The summed E-state index contributed by atoms with van der Waals surface area (Å²) in [6.07, 6.45) is 3.44. The Hall–Kier alpha value is -3.35. The van der Waals surface area contributed by atoms with Crippen molar-refractivity contribution in [3.05, 3.63) is 54.1 Å². The molecule has 1 atom stereocenters. The van der Waals surface area contributed by atoms with E-state index >= 15 is 0 Å². The molecule has 7 nitrogen and oxygen atoms in total. The van der Waals surface area contributed by atoms with E-state index in [0.717, 1.165) is 37.3 Å². The number of amides is 3. The van der Waals surface area contributed by atoms with Crippen LogP contribution in [0, 0.1) is 0 Å². The van der Waals surface area contributed by atoms with Crippen LogP contribution in [0.4, 0.5) is 17.1 Å². The van der Waals surface area contributed by atoms with E-state index in [2.05, 4.69) is 10.2 Å². The van der Waals surface area contributed by atoms with E-state index in [0.29, 0.717) is 24.1 Å². The Morgan fingerprint density at radius 1 is 1.00 bits per heavy atom. The minimum atomic E-state index is -0.740. The number of nitrogens with zero attached hydrogens (tertiary/aromatic N) is 3. The molecule has 0 saturated carbocycles. The van der Waals surface area contributed by atoms with E-state index in [1.807, 2.05) is 43.3 Å². The summed E-state index contributed by atoms with van der Waals surface area (Å²) in [4.78, 5) is 44.6. The predicted octanol–water partition coefficient (Wildman–Crippen LogP) is 3.61. The maximum atomic E-state index is 13.3. The molecule has 2 saturated heterocycles. The summed E-state index contributed by atoms with van der Waals surface area (Å²) in [5, 5.41) is 3.04. The number of hydrogen-bond donors (Lipinski definition) is 1. The van der Waals surface area contributed by atoms with Gasteiger partial charge in [0, 0.05) is 32.5 Å². The van der Waals surface area contributed by atoms with Crippen LogP contribution in [-0.4, -0.2) is 47.9 Å². The predicted molar refractivity (Wildman–Crippen MR) is 124 cm³/mol. The Kier molecular flexibility index (Phi) is 5.12. The molecule has 3 amide bonds. The van der Waals surface area contributed by atoms with Gasteiger partial charge < -0.3 is 15.1 Å². The summed E-state index contributed by atoms with van der Waals surface area (Å²) in [5.41, 5.74) is 2.29. The number of para-hydroxylation sites is 3. The van der Waals surface area contributed by atoms with Crippen LogP contribution in [0.1, 0.15) is 49.4 Å². The Labute approximate surface area is 188 Å². The van der Waals surface area contributed by atoms with Crippen molar-refractivity contribution < 1.29 is 14.4 Å². The van der Waals surface area contributed by atoms with Gasteiger partial charge in [-0.25, -0.2) is 0 Å². The molecular formula is C25H28N4O3. The van der Waals surface area contributed by atoms with Crippen molar-refractivity contribution in [3.8, 4) is 0 Å². The van der Waals surface area contributed by atoms with Gasteiger partial charge in [-0.3, -0.25) is 19.3 Å². The Morgan fingerprint density at radius 2 is 1.69 bits per heavy atom. The van der Waals surface area contributed by atoms with Gasteiger partial charge >= 0.3 is 0 Å². The van der Waals surface area contributed by atoms with E-state index in [1.54, 1.807) is 21.9 Å². The smallest absolute Gasteiger partial charge is 0.257 e. The Balaban J connectivity index is 1.33. The highest BCUT2D eigenvalue weighted by Crippen LogP contribution is 2.44. The van der Waals surface area contributed by atoms with Gasteiger partial charge in [0.05, 0.1) is 22.6 Å². The van der Waals surface area contributed by atoms with Crippen LogP contribution in [0.5, 0.6) is 0 Å². The molecule has 1 N–H and O–H groups in total. The lowest BCUT2D eigenvalue weighted by molar-refractivity contribution is -0.117. The Bertz CT molecular complexity index is 1080. The van der Waals surface area contributed by atoms with E-state index < -0.39 is 5.66 Å². The number of hydrogen-bond acceptors (Lipinski definition) is 4. The van der Waals surface area contributed by atoms with Gasteiger partial charge in [-0.2, -0.15) is 0 Å². The SMILES string of the molecule is CC12CCC(=O)N1c1ccccc1C(=O)N2CCC(=O)Nc1ccccc1N1CCCC1. The van der Waals surface area contributed by atoms with Crippen LogP contribution >= 0.6 is 0 Å². The molecule has 0 radical (unpaired) electrons.